The highest BCUT2D eigenvalue weighted by Crippen LogP contribution is 2.32. The SMILES string of the molecule is CC(C)(C)c1ccc(OCc2nnc(SCC(=O)Nc3ccc4nc(SCC(=O)c5ccc(Cl)cc5)sc4c3)n2-c2ccccc2)cc1. The van der Waals surface area contributed by atoms with E-state index in [1.54, 1.807) is 24.3 Å². The third-order valence-corrected chi connectivity index (χ3v) is 10.6. The zero-order valence-electron chi connectivity index (χ0n) is 26.5. The summed E-state index contributed by atoms with van der Waals surface area (Å²) in [6, 6.07) is 30.3. The maximum atomic E-state index is 13.0. The van der Waals surface area contributed by atoms with Crippen LogP contribution in [0.4, 0.5) is 5.69 Å². The number of thioether (sulfide) groups is 2. The lowest BCUT2D eigenvalue weighted by Crippen LogP contribution is -2.14. The maximum Gasteiger partial charge on any atom is 0.234 e. The Bertz CT molecular complexity index is 2040. The van der Waals surface area contributed by atoms with E-state index in [4.69, 9.17) is 16.3 Å². The number of para-hydroxylation sites is 1. The van der Waals surface area contributed by atoms with Crippen LogP contribution in [0.2, 0.25) is 5.02 Å². The largest absolute Gasteiger partial charge is 0.486 e. The number of anilines is 1. The van der Waals surface area contributed by atoms with Crippen LogP contribution in [0.3, 0.4) is 0 Å². The second-order valence-electron chi connectivity index (χ2n) is 11.9. The number of carbonyl (C=O) groups is 2. The summed E-state index contributed by atoms with van der Waals surface area (Å²) in [5.41, 5.74) is 4.26. The van der Waals surface area contributed by atoms with Crippen molar-refractivity contribution < 1.29 is 14.3 Å². The summed E-state index contributed by atoms with van der Waals surface area (Å²) in [5, 5.41) is 13.0. The summed E-state index contributed by atoms with van der Waals surface area (Å²) in [4.78, 5) is 30.3. The Morgan fingerprint density at radius 2 is 1.65 bits per heavy atom. The van der Waals surface area contributed by atoms with Crippen molar-refractivity contribution in [1.29, 1.82) is 0 Å². The van der Waals surface area contributed by atoms with Crippen molar-refractivity contribution in [2.24, 2.45) is 0 Å². The van der Waals surface area contributed by atoms with Crippen LogP contribution < -0.4 is 10.1 Å². The van der Waals surface area contributed by atoms with Gasteiger partial charge in [-0.2, -0.15) is 0 Å². The Balaban J connectivity index is 1.08. The average Bonchev–Trinajstić information content (AvgIpc) is 3.69. The van der Waals surface area contributed by atoms with Crippen LogP contribution in [0, 0.1) is 0 Å². The molecule has 0 atom stereocenters. The summed E-state index contributed by atoms with van der Waals surface area (Å²) < 4.78 is 9.71. The van der Waals surface area contributed by atoms with Crippen molar-refractivity contribution in [2.75, 3.05) is 16.8 Å². The van der Waals surface area contributed by atoms with E-state index in [1.165, 1.54) is 40.4 Å². The van der Waals surface area contributed by atoms with Gasteiger partial charge in [-0.25, -0.2) is 4.98 Å². The van der Waals surface area contributed by atoms with Crippen LogP contribution in [0.25, 0.3) is 15.9 Å². The number of rotatable bonds is 12. The Morgan fingerprint density at radius 3 is 2.38 bits per heavy atom. The normalized spacial score (nSPS) is 11.5. The van der Waals surface area contributed by atoms with Gasteiger partial charge in [0.05, 0.1) is 21.7 Å². The molecule has 0 bridgehead atoms. The molecule has 1 N–H and O–H groups in total. The molecule has 0 unspecified atom stereocenters. The Kier molecular flexibility index (Phi) is 10.5. The molecule has 0 aliphatic carbocycles. The predicted octanol–water partition coefficient (Wildman–Crippen LogP) is 9.11. The summed E-state index contributed by atoms with van der Waals surface area (Å²) in [7, 11) is 0. The topological polar surface area (TPSA) is 99.0 Å². The molecule has 1 amide bonds. The zero-order chi connectivity index (χ0) is 33.7. The first-order valence-electron chi connectivity index (χ1n) is 15.1. The number of nitrogens with zero attached hydrogens (tertiary/aromatic N) is 4. The van der Waals surface area contributed by atoms with E-state index in [0.29, 0.717) is 27.3 Å². The fourth-order valence-corrected chi connectivity index (χ4v) is 7.64. The Labute approximate surface area is 296 Å². The van der Waals surface area contributed by atoms with E-state index in [-0.39, 0.29) is 35.2 Å². The third-order valence-electron chi connectivity index (χ3n) is 7.28. The molecule has 12 heteroatoms. The zero-order valence-corrected chi connectivity index (χ0v) is 29.7. The Morgan fingerprint density at radius 1 is 0.896 bits per heavy atom. The van der Waals surface area contributed by atoms with E-state index in [1.807, 2.05) is 65.2 Å². The smallest absolute Gasteiger partial charge is 0.234 e. The number of benzene rings is 4. The molecule has 0 saturated carbocycles. The quantitative estimate of drug-likeness (QED) is 0.0991. The fraction of sp³-hybridized carbons (Fsp3) is 0.194. The number of hydrogen-bond donors (Lipinski definition) is 1. The molecule has 2 aromatic heterocycles. The van der Waals surface area contributed by atoms with Gasteiger partial charge in [0.15, 0.2) is 21.1 Å². The van der Waals surface area contributed by atoms with E-state index >= 15 is 0 Å². The van der Waals surface area contributed by atoms with Crippen molar-refractivity contribution >= 4 is 74.1 Å². The van der Waals surface area contributed by atoms with E-state index < -0.39 is 0 Å². The van der Waals surface area contributed by atoms with E-state index in [0.717, 1.165) is 26.0 Å². The highest BCUT2D eigenvalue weighted by molar-refractivity contribution is 8.01. The van der Waals surface area contributed by atoms with Crippen LogP contribution in [0.1, 0.15) is 42.5 Å². The summed E-state index contributed by atoms with van der Waals surface area (Å²) in [6.45, 7) is 6.75. The van der Waals surface area contributed by atoms with Gasteiger partial charge in [-0.1, -0.05) is 86.2 Å². The molecule has 0 saturated heterocycles. The minimum atomic E-state index is -0.175. The molecular weight excluding hydrogens is 682 g/mol. The van der Waals surface area contributed by atoms with Gasteiger partial charge in [-0.15, -0.1) is 21.5 Å². The number of halogens is 1. The number of Topliss-reactive ketones (excluding diaryl/α,β-unsaturated/α-hetero) is 1. The molecule has 0 aliphatic heterocycles. The molecule has 4 aromatic carbocycles. The average molecular weight is 714 g/mol. The molecule has 244 valence electrons. The van der Waals surface area contributed by atoms with Crippen molar-refractivity contribution in [3.8, 4) is 11.4 Å². The van der Waals surface area contributed by atoms with Crippen molar-refractivity contribution in [3.05, 3.63) is 119 Å². The summed E-state index contributed by atoms with van der Waals surface area (Å²) in [6.07, 6.45) is 0. The number of ketones is 1. The summed E-state index contributed by atoms with van der Waals surface area (Å²) in [5.74, 6) is 1.61. The molecule has 0 radical (unpaired) electrons. The molecule has 0 spiro atoms. The molecule has 2 heterocycles. The number of thiazole rings is 1. The number of nitrogens with one attached hydrogen (secondary N) is 1. The lowest BCUT2D eigenvalue weighted by atomic mass is 9.87. The van der Waals surface area contributed by atoms with Crippen LogP contribution in [-0.2, 0) is 16.8 Å². The van der Waals surface area contributed by atoms with Gasteiger partial charge in [0, 0.05) is 22.0 Å². The van der Waals surface area contributed by atoms with Gasteiger partial charge in [0.1, 0.15) is 12.4 Å². The van der Waals surface area contributed by atoms with Gasteiger partial charge in [0.25, 0.3) is 0 Å². The van der Waals surface area contributed by atoms with E-state index in [9.17, 15) is 9.59 Å². The lowest BCUT2D eigenvalue weighted by molar-refractivity contribution is -0.113. The number of hydrogen-bond acceptors (Lipinski definition) is 9. The first-order chi connectivity index (χ1) is 23.1. The molecule has 6 aromatic rings. The molecule has 8 nitrogen and oxygen atoms in total. The number of aromatic nitrogens is 4. The molecule has 0 fully saturated rings. The van der Waals surface area contributed by atoms with Crippen LogP contribution in [0.15, 0.2) is 107 Å². The van der Waals surface area contributed by atoms with Crippen molar-refractivity contribution in [3.63, 3.8) is 0 Å². The maximum absolute atomic E-state index is 13.0. The van der Waals surface area contributed by atoms with Gasteiger partial charge in [-0.05, 0) is 77.7 Å². The Hall–Kier alpha value is -4.16. The molecule has 48 heavy (non-hydrogen) atoms. The second-order valence-corrected chi connectivity index (χ2v) is 15.5. The van der Waals surface area contributed by atoms with Gasteiger partial charge < -0.3 is 10.1 Å². The lowest BCUT2D eigenvalue weighted by Gasteiger charge is -2.19. The van der Waals surface area contributed by atoms with Gasteiger partial charge in [0.2, 0.25) is 5.91 Å². The monoisotopic (exact) mass is 713 g/mol. The molecule has 0 aliphatic rings. The van der Waals surface area contributed by atoms with Gasteiger partial charge >= 0.3 is 0 Å². The van der Waals surface area contributed by atoms with Crippen molar-refractivity contribution in [1.82, 2.24) is 19.7 Å². The highest BCUT2D eigenvalue weighted by atomic mass is 35.5. The predicted molar refractivity (Wildman–Crippen MR) is 196 cm³/mol. The van der Waals surface area contributed by atoms with E-state index in [2.05, 4.69) is 53.4 Å². The van der Waals surface area contributed by atoms with Crippen LogP contribution in [0.5, 0.6) is 5.75 Å². The number of amides is 1. The van der Waals surface area contributed by atoms with Gasteiger partial charge in [-0.3, -0.25) is 14.2 Å². The fourth-order valence-electron chi connectivity index (χ4n) is 4.74. The van der Waals surface area contributed by atoms with Crippen LogP contribution >= 0.6 is 46.5 Å². The molecular formula is C36H32ClN5O3S3. The first-order valence-corrected chi connectivity index (χ1v) is 18.3. The van der Waals surface area contributed by atoms with Crippen LogP contribution in [-0.4, -0.2) is 42.9 Å². The standard InChI is InChI=1S/C36H32ClN5O3S3/c1-36(2,3)24-11-16-28(17-12-24)45-20-32-40-41-34(42(32)27-7-5-4-6-8-27)46-22-33(44)38-26-15-18-29-31(19-26)48-35(39-29)47-21-30(43)23-9-13-25(37)14-10-23/h4-19H,20-22H2,1-3H3,(H,38,44). The van der Waals surface area contributed by atoms with Crippen molar-refractivity contribution in [2.45, 2.75) is 42.3 Å². The minimum Gasteiger partial charge on any atom is -0.486 e. The molecule has 6 rings (SSSR count). The highest BCUT2D eigenvalue weighted by Gasteiger charge is 2.18. The third kappa shape index (κ3) is 8.46. The second kappa shape index (κ2) is 14.9. The summed E-state index contributed by atoms with van der Waals surface area (Å²) >= 11 is 10.1. The first kappa shape index (κ1) is 33.7. The number of ether oxygens (including phenoxy) is 1. The number of carbonyl (C=O) groups excluding carboxylic acids is 2. The number of fused-ring (bicyclic) bond motifs is 1. The minimum absolute atomic E-state index is 0.00928.